The van der Waals surface area contributed by atoms with Gasteiger partial charge in [0, 0.05) is 49.9 Å². The molecule has 2 saturated heterocycles. The molecule has 0 saturated carbocycles. The molecule has 0 radical (unpaired) electrons. The number of nitrogens with one attached hydrogen (secondary N) is 1. The molecule has 2 aromatic heterocycles. The lowest BCUT2D eigenvalue weighted by Gasteiger charge is -2.37. The summed E-state index contributed by atoms with van der Waals surface area (Å²) >= 11 is 6.12. The summed E-state index contributed by atoms with van der Waals surface area (Å²) in [6.45, 7) is 0.913. The number of nitrogens with zero attached hydrogens (tertiary/aromatic N) is 4. The number of H-pyrrole nitrogens is 1. The largest absolute Gasteiger partial charge is 0.352 e. The van der Waals surface area contributed by atoms with Crippen molar-refractivity contribution in [2.75, 3.05) is 31.1 Å². The van der Waals surface area contributed by atoms with E-state index in [1.54, 1.807) is 9.80 Å². The number of piperazine rings is 1. The first-order chi connectivity index (χ1) is 12.3. The van der Waals surface area contributed by atoms with Crippen LogP contribution in [-0.4, -0.2) is 58.0 Å². The number of hydrogen-bond acceptors (Lipinski definition) is 5. The molecule has 1 N–H and O–H groups in total. The summed E-state index contributed by atoms with van der Waals surface area (Å²) in [5, 5.41) is -0.110. The molecule has 1 atom stereocenters. The first-order valence-corrected chi connectivity index (χ1v) is 8.49. The van der Waals surface area contributed by atoms with E-state index in [0.29, 0.717) is 25.2 Å². The van der Waals surface area contributed by atoms with Crippen LogP contribution in [0, 0.1) is 5.95 Å². The summed E-state index contributed by atoms with van der Waals surface area (Å²) in [7, 11) is 0. The highest BCUT2D eigenvalue weighted by Crippen LogP contribution is 2.35. The zero-order chi connectivity index (χ0) is 18.5. The molecule has 2 fully saturated rings. The third-order valence-electron chi connectivity index (χ3n) is 4.72. The maximum atomic E-state index is 13.6. The van der Waals surface area contributed by atoms with Gasteiger partial charge in [-0.1, -0.05) is 11.6 Å². The second-order valence-corrected chi connectivity index (χ2v) is 6.93. The van der Waals surface area contributed by atoms with E-state index in [0.717, 1.165) is 6.07 Å². The van der Waals surface area contributed by atoms with Crippen molar-refractivity contribution >= 4 is 17.4 Å². The van der Waals surface area contributed by atoms with Gasteiger partial charge in [-0.3, -0.25) is 9.69 Å². The molecule has 0 bridgehead atoms. The average molecular weight is 386 g/mol. The summed E-state index contributed by atoms with van der Waals surface area (Å²) in [6.07, 6.45) is 1.03. The van der Waals surface area contributed by atoms with Gasteiger partial charge in [0.05, 0.1) is 6.54 Å². The van der Waals surface area contributed by atoms with E-state index >= 15 is 0 Å². The SMILES string of the molecule is O=c1[nH]c(-c2ccnc(F)c2)nc(N2CCN3CC(F)(F)C[C@H]3C2)c1Cl. The number of hydrogen-bond donors (Lipinski definition) is 1. The van der Waals surface area contributed by atoms with Crippen molar-refractivity contribution in [3.63, 3.8) is 0 Å². The Balaban J connectivity index is 1.67. The molecule has 0 aromatic carbocycles. The van der Waals surface area contributed by atoms with Crippen molar-refractivity contribution in [3.05, 3.63) is 39.7 Å². The van der Waals surface area contributed by atoms with Crippen LogP contribution in [0.3, 0.4) is 0 Å². The highest BCUT2D eigenvalue weighted by molar-refractivity contribution is 6.32. The summed E-state index contributed by atoms with van der Waals surface area (Å²) in [5.41, 5.74) is -0.221. The molecule has 2 aliphatic rings. The zero-order valence-corrected chi connectivity index (χ0v) is 14.3. The number of halogens is 4. The topological polar surface area (TPSA) is 65.1 Å². The fraction of sp³-hybridized carbons (Fsp3) is 0.438. The first-order valence-electron chi connectivity index (χ1n) is 8.11. The minimum Gasteiger partial charge on any atom is -0.352 e. The van der Waals surface area contributed by atoms with E-state index < -0.39 is 17.4 Å². The summed E-state index contributed by atoms with van der Waals surface area (Å²) < 4.78 is 40.7. The maximum absolute atomic E-state index is 13.6. The van der Waals surface area contributed by atoms with E-state index in [-0.39, 0.29) is 35.7 Å². The predicted molar refractivity (Wildman–Crippen MR) is 90.2 cm³/mol. The van der Waals surface area contributed by atoms with Crippen molar-refractivity contribution in [3.8, 4) is 11.4 Å². The number of pyridine rings is 1. The van der Waals surface area contributed by atoms with Gasteiger partial charge in [0.15, 0.2) is 5.82 Å². The van der Waals surface area contributed by atoms with E-state index in [1.807, 2.05) is 0 Å². The quantitative estimate of drug-likeness (QED) is 0.802. The molecule has 4 heterocycles. The zero-order valence-electron chi connectivity index (χ0n) is 13.6. The molecule has 138 valence electrons. The molecule has 2 aliphatic heterocycles. The van der Waals surface area contributed by atoms with Crippen molar-refractivity contribution < 1.29 is 13.2 Å². The van der Waals surface area contributed by atoms with Gasteiger partial charge in [-0.25, -0.2) is 18.7 Å². The standard InChI is InChI=1S/C16H15ClF3N5O/c17-12-14(24-3-4-25-8-16(19,20)6-10(25)7-24)22-13(23-15(12)26)9-1-2-21-11(18)5-9/h1-2,5,10H,3-4,6-8H2,(H,22,23,26)/t10-/m0/s1. The van der Waals surface area contributed by atoms with Crippen molar-refractivity contribution in [1.29, 1.82) is 0 Å². The van der Waals surface area contributed by atoms with Crippen molar-refractivity contribution in [2.45, 2.75) is 18.4 Å². The molecule has 6 nitrogen and oxygen atoms in total. The van der Waals surface area contributed by atoms with E-state index in [4.69, 9.17) is 11.6 Å². The lowest BCUT2D eigenvalue weighted by molar-refractivity contribution is 0.0125. The second-order valence-electron chi connectivity index (χ2n) is 6.55. The Morgan fingerprint density at radius 1 is 1.35 bits per heavy atom. The Labute approximate surface area is 151 Å². The highest BCUT2D eigenvalue weighted by Gasteiger charge is 2.47. The molecular formula is C16H15ClF3N5O. The van der Waals surface area contributed by atoms with Crippen LogP contribution in [0.25, 0.3) is 11.4 Å². The molecule has 10 heteroatoms. The van der Waals surface area contributed by atoms with Gasteiger partial charge in [-0.05, 0) is 6.07 Å². The molecule has 0 unspecified atom stereocenters. The predicted octanol–water partition coefficient (Wildman–Crippen LogP) is 2.15. The maximum Gasteiger partial charge on any atom is 0.272 e. The van der Waals surface area contributed by atoms with Crippen LogP contribution in [0.4, 0.5) is 19.0 Å². The highest BCUT2D eigenvalue weighted by atomic mass is 35.5. The van der Waals surface area contributed by atoms with Gasteiger partial charge in [-0.15, -0.1) is 0 Å². The first kappa shape index (κ1) is 17.3. The van der Waals surface area contributed by atoms with E-state index in [2.05, 4.69) is 15.0 Å². The minimum absolute atomic E-state index is 0.110. The Morgan fingerprint density at radius 2 is 2.15 bits per heavy atom. The molecule has 0 aliphatic carbocycles. The molecular weight excluding hydrogens is 371 g/mol. The van der Waals surface area contributed by atoms with Crippen LogP contribution in [0.1, 0.15) is 6.42 Å². The van der Waals surface area contributed by atoms with Crippen molar-refractivity contribution in [1.82, 2.24) is 19.9 Å². The number of fused-ring (bicyclic) bond motifs is 1. The van der Waals surface area contributed by atoms with Gasteiger partial charge >= 0.3 is 0 Å². The number of aromatic amines is 1. The third-order valence-corrected chi connectivity index (χ3v) is 5.06. The van der Waals surface area contributed by atoms with Gasteiger partial charge in [0.1, 0.15) is 10.8 Å². The Hall–Kier alpha value is -2.13. The third kappa shape index (κ3) is 3.16. The summed E-state index contributed by atoms with van der Waals surface area (Å²) in [6, 6.07) is 2.33. The monoisotopic (exact) mass is 385 g/mol. The fourth-order valence-corrected chi connectivity index (χ4v) is 3.75. The van der Waals surface area contributed by atoms with Crippen LogP contribution < -0.4 is 10.5 Å². The van der Waals surface area contributed by atoms with Crippen LogP contribution >= 0.6 is 11.6 Å². The Morgan fingerprint density at radius 3 is 2.92 bits per heavy atom. The van der Waals surface area contributed by atoms with Gasteiger partial charge in [-0.2, -0.15) is 4.39 Å². The summed E-state index contributed by atoms with van der Waals surface area (Å²) in [5.74, 6) is -3.04. The molecule has 0 amide bonds. The Bertz CT molecular complexity index is 906. The Kier molecular flexibility index (Phi) is 4.15. The lowest BCUT2D eigenvalue weighted by atomic mass is 10.1. The number of anilines is 1. The number of rotatable bonds is 2. The second kappa shape index (κ2) is 6.24. The van der Waals surface area contributed by atoms with Crippen LogP contribution in [0.5, 0.6) is 0 Å². The number of aromatic nitrogens is 3. The smallest absolute Gasteiger partial charge is 0.272 e. The van der Waals surface area contributed by atoms with Gasteiger partial charge < -0.3 is 9.88 Å². The normalized spacial score (nSPS) is 22.5. The van der Waals surface area contributed by atoms with Gasteiger partial charge in [0.25, 0.3) is 11.5 Å². The van der Waals surface area contributed by atoms with Crippen LogP contribution in [0.2, 0.25) is 5.02 Å². The fourth-order valence-electron chi connectivity index (χ4n) is 3.54. The lowest BCUT2D eigenvalue weighted by Crippen LogP contribution is -2.50. The van der Waals surface area contributed by atoms with E-state index in [1.165, 1.54) is 12.3 Å². The van der Waals surface area contributed by atoms with Crippen LogP contribution in [-0.2, 0) is 0 Å². The van der Waals surface area contributed by atoms with E-state index in [9.17, 15) is 18.0 Å². The van der Waals surface area contributed by atoms with Crippen molar-refractivity contribution in [2.24, 2.45) is 0 Å². The van der Waals surface area contributed by atoms with Gasteiger partial charge in [0.2, 0.25) is 5.95 Å². The van der Waals surface area contributed by atoms with Crippen LogP contribution in [0.15, 0.2) is 23.1 Å². The summed E-state index contributed by atoms with van der Waals surface area (Å²) in [4.78, 5) is 26.0. The molecule has 26 heavy (non-hydrogen) atoms. The molecule has 0 spiro atoms. The molecule has 4 rings (SSSR count). The average Bonchev–Trinajstić information content (AvgIpc) is 2.90. The minimum atomic E-state index is -2.70. The number of alkyl halides is 2. The molecule has 2 aromatic rings.